The maximum absolute atomic E-state index is 11.2. The minimum Gasteiger partial charge on any atom is -0.462 e. The Bertz CT molecular complexity index is 381. The van der Waals surface area contributed by atoms with Gasteiger partial charge in [0, 0.05) is 7.05 Å². The second-order valence-corrected chi connectivity index (χ2v) is 3.31. The number of esters is 1. The number of likely N-dealkylation sites (N-methyl/N-ethyl adjacent to an activating group) is 1. The lowest BCUT2D eigenvalue weighted by Crippen LogP contribution is -2.29. The normalized spacial score (nSPS) is 10.4. The van der Waals surface area contributed by atoms with Gasteiger partial charge in [-0.1, -0.05) is 0 Å². The second kappa shape index (κ2) is 4.63. The predicted molar refractivity (Wildman–Crippen MR) is 51.6 cm³/mol. The molecule has 0 bridgehead atoms. The number of hydrogen-bond donors (Lipinski definition) is 1. The fraction of sp³-hybridized carbons (Fsp3) is 0.625. The van der Waals surface area contributed by atoms with Gasteiger partial charge in [-0.25, -0.2) is 4.79 Å². The van der Waals surface area contributed by atoms with Gasteiger partial charge in [0.1, 0.15) is 6.54 Å². The van der Waals surface area contributed by atoms with Crippen LogP contribution in [0.2, 0.25) is 0 Å². The van der Waals surface area contributed by atoms with E-state index in [0.717, 1.165) is 0 Å². The summed E-state index contributed by atoms with van der Waals surface area (Å²) in [6.07, 6.45) is -0.165. The number of nitrogens with zero attached hydrogens (tertiary/aromatic N) is 2. The molecule has 0 spiro atoms. The van der Waals surface area contributed by atoms with Crippen LogP contribution in [-0.2, 0) is 9.53 Å². The minimum absolute atomic E-state index is 0.000648. The van der Waals surface area contributed by atoms with E-state index in [-0.39, 0.29) is 18.6 Å². The molecule has 0 unspecified atom stereocenters. The molecule has 15 heavy (non-hydrogen) atoms. The molecule has 0 aliphatic carbocycles. The number of rotatable bonds is 4. The maximum Gasteiger partial charge on any atom is 0.440 e. The molecule has 0 fully saturated rings. The number of carbonyl (C=O) groups is 1. The number of H-pyrrole nitrogens is 1. The molecule has 0 atom stereocenters. The van der Waals surface area contributed by atoms with Crippen LogP contribution in [0, 0.1) is 0 Å². The first kappa shape index (κ1) is 11.3. The van der Waals surface area contributed by atoms with Crippen molar-refractivity contribution in [2.45, 2.75) is 20.0 Å². The molecular formula is C8H13N3O4. The molecule has 84 valence electrons. The van der Waals surface area contributed by atoms with E-state index in [0.29, 0.717) is 0 Å². The average molecular weight is 215 g/mol. The van der Waals surface area contributed by atoms with Gasteiger partial charge in [0.15, 0.2) is 0 Å². The third-order valence-electron chi connectivity index (χ3n) is 1.52. The van der Waals surface area contributed by atoms with Gasteiger partial charge in [0.2, 0.25) is 5.95 Å². The van der Waals surface area contributed by atoms with E-state index < -0.39 is 11.7 Å². The van der Waals surface area contributed by atoms with Gasteiger partial charge in [0.25, 0.3) is 0 Å². The molecule has 0 saturated carbocycles. The number of aromatic nitrogens is 2. The molecule has 0 aliphatic rings. The molecule has 7 nitrogen and oxygen atoms in total. The maximum atomic E-state index is 11.2. The van der Waals surface area contributed by atoms with Crippen molar-refractivity contribution in [3.63, 3.8) is 0 Å². The van der Waals surface area contributed by atoms with Gasteiger partial charge >= 0.3 is 11.7 Å². The SMILES string of the molecule is CC(C)OC(=O)CN(C)c1noc(=O)[nH]1. The minimum atomic E-state index is -0.658. The monoisotopic (exact) mass is 215 g/mol. The van der Waals surface area contributed by atoms with Crippen molar-refractivity contribution in [1.82, 2.24) is 10.1 Å². The fourth-order valence-electron chi connectivity index (χ4n) is 0.955. The van der Waals surface area contributed by atoms with Crippen LogP contribution in [0.5, 0.6) is 0 Å². The molecule has 7 heteroatoms. The van der Waals surface area contributed by atoms with Crippen molar-refractivity contribution in [3.05, 3.63) is 10.6 Å². The number of aromatic amines is 1. The summed E-state index contributed by atoms with van der Waals surface area (Å²) in [4.78, 5) is 25.6. The van der Waals surface area contributed by atoms with E-state index in [1.165, 1.54) is 4.90 Å². The largest absolute Gasteiger partial charge is 0.462 e. The molecule has 0 saturated heterocycles. The molecule has 1 aromatic rings. The van der Waals surface area contributed by atoms with E-state index in [2.05, 4.69) is 14.7 Å². The summed E-state index contributed by atoms with van der Waals surface area (Å²) in [5.74, 6) is -0.855. The Morgan fingerprint density at radius 1 is 1.67 bits per heavy atom. The topological polar surface area (TPSA) is 88.4 Å². The van der Waals surface area contributed by atoms with Gasteiger partial charge in [0.05, 0.1) is 6.10 Å². The molecule has 0 aromatic carbocycles. The van der Waals surface area contributed by atoms with Gasteiger partial charge < -0.3 is 9.64 Å². The van der Waals surface area contributed by atoms with Gasteiger partial charge in [-0.15, -0.1) is 0 Å². The molecule has 1 aromatic heterocycles. The molecule has 0 amide bonds. The summed E-state index contributed by atoms with van der Waals surface area (Å²) < 4.78 is 9.21. The Kier molecular flexibility index (Phi) is 3.48. The van der Waals surface area contributed by atoms with Crippen molar-refractivity contribution in [1.29, 1.82) is 0 Å². The van der Waals surface area contributed by atoms with Gasteiger partial charge in [-0.05, 0) is 19.0 Å². The highest BCUT2D eigenvalue weighted by atomic mass is 16.5. The van der Waals surface area contributed by atoms with Crippen LogP contribution in [0.3, 0.4) is 0 Å². The standard InChI is InChI=1S/C8H13N3O4/c1-5(2)14-6(12)4-11(3)7-9-8(13)15-10-7/h5H,4H2,1-3H3,(H,9,10,13). The number of hydrogen-bond acceptors (Lipinski definition) is 6. The zero-order valence-corrected chi connectivity index (χ0v) is 8.81. The highest BCUT2D eigenvalue weighted by molar-refractivity contribution is 5.74. The fourth-order valence-corrected chi connectivity index (χ4v) is 0.955. The molecule has 0 aliphatic heterocycles. The summed E-state index contributed by atoms with van der Waals surface area (Å²) in [5.41, 5.74) is 0. The molecular weight excluding hydrogens is 202 g/mol. The van der Waals surface area contributed by atoms with Crippen LogP contribution >= 0.6 is 0 Å². The Morgan fingerprint density at radius 2 is 2.33 bits per heavy atom. The van der Waals surface area contributed by atoms with Crippen LogP contribution in [0.25, 0.3) is 0 Å². The zero-order valence-electron chi connectivity index (χ0n) is 8.81. The third-order valence-corrected chi connectivity index (χ3v) is 1.52. The van der Waals surface area contributed by atoms with E-state index in [1.807, 2.05) is 0 Å². The van der Waals surface area contributed by atoms with Crippen molar-refractivity contribution in [3.8, 4) is 0 Å². The Morgan fingerprint density at radius 3 is 2.80 bits per heavy atom. The van der Waals surface area contributed by atoms with Crippen molar-refractivity contribution in [2.75, 3.05) is 18.5 Å². The smallest absolute Gasteiger partial charge is 0.440 e. The quantitative estimate of drug-likeness (QED) is 0.697. The van der Waals surface area contributed by atoms with Crippen LogP contribution in [0.15, 0.2) is 9.32 Å². The van der Waals surface area contributed by atoms with Crippen LogP contribution in [-0.4, -0.2) is 35.8 Å². The summed E-state index contributed by atoms with van der Waals surface area (Å²) in [6.45, 7) is 3.52. The first-order valence-corrected chi connectivity index (χ1v) is 4.45. The molecule has 1 N–H and O–H groups in total. The Hall–Kier alpha value is -1.79. The van der Waals surface area contributed by atoms with E-state index >= 15 is 0 Å². The molecule has 1 rings (SSSR count). The first-order valence-electron chi connectivity index (χ1n) is 4.45. The first-order chi connectivity index (χ1) is 6.99. The number of ether oxygens (including phenoxy) is 1. The predicted octanol–water partition coefficient (Wildman–Crippen LogP) is -0.249. The Labute approximate surface area is 86.0 Å². The lowest BCUT2D eigenvalue weighted by atomic mass is 10.5. The van der Waals surface area contributed by atoms with Crippen LogP contribution in [0.4, 0.5) is 5.95 Å². The van der Waals surface area contributed by atoms with E-state index in [1.54, 1.807) is 20.9 Å². The average Bonchev–Trinajstić information content (AvgIpc) is 2.49. The Balaban J connectivity index is 2.52. The number of anilines is 1. The second-order valence-electron chi connectivity index (χ2n) is 3.31. The summed E-state index contributed by atoms with van der Waals surface area (Å²) >= 11 is 0. The molecule has 1 heterocycles. The van der Waals surface area contributed by atoms with Gasteiger partial charge in [-0.2, -0.15) is 0 Å². The lowest BCUT2D eigenvalue weighted by molar-refractivity contribution is -0.145. The number of nitrogens with one attached hydrogen (secondary N) is 1. The third kappa shape index (κ3) is 3.45. The van der Waals surface area contributed by atoms with Crippen molar-refractivity contribution >= 4 is 11.9 Å². The van der Waals surface area contributed by atoms with Gasteiger partial charge in [-0.3, -0.25) is 14.3 Å². The van der Waals surface area contributed by atoms with Crippen molar-refractivity contribution < 1.29 is 14.1 Å². The zero-order chi connectivity index (χ0) is 11.4. The van der Waals surface area contributed by atoms with Crippen molar-refractivity contribution in [2.24, 2.45) is 0 Å². The van der Waals surface area contributed by atoms with E-state index in [9.17, 15) is 9.59 Å². The van der Waals surface area contributed by atoms with E-state index in [4.69, 9.17) is 4.74 Å². The lowest BCUT2D eigenvalue weighted by Gasteiger charge is -2.14. The molecule has 0 radical (unpaired) electrons. The summed E-state index contributed by atoms with van der Waals surface area (Å²) in [7, 11) is 1.59. The summed E-state index contributed by atoms with van der Waals surface area (Å²) in [5, 5.41) is 3.42. The van der Waals surface area contributed by atoms with Crippen LogP contribution in [0.1, 0.15) is 13.8 Å². The highest BCUT2D eigenvalue weighted by Gasteiger charge is 2.13. The van der Waals surface area contributed by atoms with Crippen LogP contribution < -0.4 is 10.7 Å². The number of carbonyl (C=O) groups excluding carboxylic acids is 1. The highest BCUT2D eigenvalue weighted by Crippen LogP contribution is 2.00. The summed E-state index contributed by atoms with van der Waals surface area (Å²) in [6, 6.07) is 0.